The average molecular weight is 373 g/mol. The normalized spacial score (nSPS) is 14.3. The van der Waals surface area contributed by atoms with Gasteiger partial charge in [0, 0.05) is 18.2 Å². The van der Waals surface area contributed by atoms with Crippen LogP contribution in [-0.4, -0.2) is 38.5 Å². The highest BCUT2D eigenvalue weighted by Gasteiger charge is 2.19. The van der Waals surface area contributed by atoms with Gasteiger partial charge in [0.15, 0.2) is 11.0 Å². The second-order valence-corrected chi connectivity index (χ2v) is 7.15. The minimum atomic E-state index is -0.413. The number of urea groups is 1. The van der Waals surface area contributed by atoms with E-state index < -0.39 is 6.03 Å². The maximum Gasteiger partial charge on any atom is 0.321 e. The summed E-state index contributed by atoms with van der Waals surface area (Å²) >= 11 is 1.28. The van der Waals surface area contributed by atoms with Crippen LogP contribution in [0.25, 0.3) is 11.4 Å². The first-order valence-electron chi connectivity index (χ1n) is 8.89. The molecule has 0 aliphatic heterocycles. The Morgan fingerprint density at radius 2 is 1.92 bits per heavy atom. The molecule has 1 aliphatic rings. The van der Waals surface area contributed by atoms with E-state index in [0.717, 1.165) is 37.1 Å². The first-order chi connectivity index (χ1) is 12.7. The maximum atomic E-state index is 12.0. The summed E-state index contributed by atoms with van der Waals surface area (Å²) in [5.41, 5.74) is 0.981. The van der Waals surface area contributed by atoms with E-state index in [0.29, 0.717) is 11.7 Å². The molecule has 0 atom stereocenters. The van der Waals surface area contributed by atoms with Crippen molar-refractivity contribution in [2.24, 2.45) is 0 Å². The molecule has 0 spiro atoms. The van der Waals surface area contributed by atoms with E-state index in [9.17, 15) is 9.59 Å². The summed E-state index contributed by atoms with van der Waals surface area (Å²) in [7, 11) is 0. The molecule has 0 radical (unpaired) electrons. The largest absolute Gasteiger partial charge is 0.335 e. The Labute approximate surface area is 157 Å². The van der Waals surface area contributed by atoms with Crippen molar-refractivity contribution in [1.82, 2.24) is 25.4 Å². The van der Waals surface area contributed by atoms with Crippen molar-refractivity contribution in [2.75, 3.05) is 5.75 Å². The van der Waals surface area contributed by atoms with Crippen LogP contribution in [-0.2, 0) is 11.3 Å². The smallest absolute Gasteiger partial charge is 0.321 e. The van der Waals surface area contributed by atoms with Crippen molar-refractivity contribution in [3.05, 3.63) is 30.3 Å². The summed E-state index contributed by atoms with van der Waals surface area (Å²) in [5, 5.41) is 14.3. The number of hydrogen-bond acceptors (Lipinski definition) is 5. The molecular weight excluding hydrogens is 350 g/mol. The topological polar surface area (TPSA) is 88.9 Å². The van der Waals surface area contributed by atoms with Crippen LogP contribution < -0.4 is 10.6 Å². The summed E-state index contributed by atoms with van der Waals surface area (Å²) in [6.07, 6.45) is 4.23. The highest BCUT2D eigenvalue weighted by Crippen LogP contribution is 2.23. The molecule has 138 valence electrons. The van der Waals surface area contributed by atoms with Crippen molar-refractivity contribution in [3.8, 4) is 11.4 Å². The van der Waals surface area contributed by atoms with Crippen LogP contribution in [0.4, 0.5) is 4.79 Å². The Morgan fingerprint density at radius 1 is 1.19 bits per heavy atom. The van der Waals surface area contributed by atoms with Gasteiger partial charge < -0.3 is 9.88 Å². The SMILES string of the molecule is CCn1c(SCC(=O)NC(=O)NC2CCCC2)nnc1-c1ccccc1. The lowest BCUT2D eigenvalue weighted by Crippen LogP contribution is -2.44. The van der Waals surface area contributed by atoms with E-state index in [1.165, 1.54) is 11.8 Å². The molecule has 1 fully saturated rings. The van der Waals surface area contributed by atoms with Gasteiger partial charge in [0.05, 0.1) is 5.75 Å². The van der Waals surface area contributed by atoms with Crippen molar-refractivity contribution in [2.45, 2.75) is 50.4 Å². The van der Waals surface area contributed by atoms with Crippen LogP contribution in [0.15, 0.2) is 35.5 Å². The number of carbonyl (C=O) groups excluding carboxylic acids is 2. The summed E-state index contributed by atoms with van der Waals surface area (Å²) in [4.78, 5) is 23.9. The summed E-state index contributed by atoms with van der Waals surface area (Å²) in [6.45, 7) is 2.71. The molecule has 8 heteroatoms. The minimum Gasteiger partial charge on any atom is -0.335 e. The fourth-order valence-electron chi connectivity index (χ4n) is 3.07. The first kappa shape index (κ1) is 18.4. The minimum absolute atomic E-state index is 0.116. The highest BCUT2D eigenvalue weighted by molar-refractivity contribution is 7.99. The van der Waals surface area contributed by atoms with Gasteiger partial charge in [0.1, 0.15) is 0 Å². The predicted molar refractivity (Wildman–Crippen MR) is 101 cm³/mol. The maximum absolute atomic E-state index is 12.0. The number of nitrogens with one attached hydrogen (secondary N) is 2. The number of thioether (sulfide) groups is 1. The second-order valence-electron chi connectivity index (χ2n) is 6.21. The number of benzene rings is 1. The number of nitrogens with zero attached hydrogens (tertiary/aromatic N) is 3. The molecule has 0 bridgehead atoms. The third-order valence-corrected chi connectivity index (χ3v) is 5.31. The van der Waals surface area contributed by atoms with Gasteiger partial charge in [-0.25, -0.2) is 4.79 Å². The average Bonchev–Trinajstić information content (AvgIpc) is 3.29. The van der Waals surface area contributed by atoms with E-state index in [4.69, 9.17) is 0 Å². The van der Waals surface area contributed by atoms with E-state index in [-0.39, 0.29) is 17.7 Å². The fraction of sp³-hybridized carbons (Fsp3) is 0.444. The molecular formula is C18H23N5O2S. The molecule has 3 rings (SSSR count). The lowest BCUT2D eigenvalue weighted by Gasteiger charge is -2.12. The number of rotatable bonds is 6. The van der Waals surface area contributed by atoms with Crippen LogP contribution in [0.3, 0.4) is 0 Å². The molecule has 3 amide bonds. The van der Waals surface area contributed by atoms with Crippen molar-refractivity contribution >= 4 is 23.7 Å². The van der Waals surface area contributed by atoms with Crippen LogP contribution in [0.1, 0.15) is 32.6 Å². The molecule has 1 heterocycles. The molecule has 0 unspecified atom stereocenters. The molecule has 26 heavy (non-hydrogen) atoms. The Hall–Kier alpha value is -2.35. The molecule has 0 saturated heterocycles. The molecule has 1 saturated carbocycles. The van der Waals surface area contributed by atoms with Gasteiger partial charge >= 0.3 is 6.03 Å². The van der Waals surface area contributed by atoms with E-state index in [2.05, 4.69) is 20.8 Å². The van der Waals surface area contributed by atoms with Gasteiger partial charge in [-0.1, -0.05) is 54.9 Å². The third-order valence-electron chi connectivity index (χ3n) is 4.34. The summed E-state index contributed by atoms with van der Waals surface area (Å²) < 4.78 is 1.96. The Balaban J connectivity index is 1.55. The van der Waals surface area contributed by atoms with Gasteiger partial charge in [0.25, 0.3) is 0 Å². The second kappa shape index (κ2) is 8.84. The lowest BCUT2D eigenvalue weighted by molar-refractivity contribution is -0.117. The standard InChI is InChI=1S/C18H23N5O2S/c1-2-23-16(13-8-4-3-5-9-13)21-22-18(23)26-12-15(24)20-17(25)19-14-10-6-7-11-14/h3-5,8-9,14H,2,6-7,10-12H2,1H3,(H2,19,20,24,25). The van der Waals surface area contributed by atoms with Gasteiger partial charge in [-0.2, -0.15) is 0 Å². The van der Waals surface area contributed by atoms with Crippen molar-refractivity contribution in [3.63, 3.8) is 0 Å². The number of amides is 3. The summed E-state index contributed by atoms with van der Waals surface area (Å²) in [6, 6.07) is 9.58. The van der Waals surface area contributed by atoms with E-state index in [1.807, 2.05) is 41.8 Å². The zero-order valence-electron chi connectivity index (χ0n) is 14.8. The first-order valence-corrected chi connectivity index (χ1v) is 9.87. The quantitative estimate of drug-likeness (QED) is 0.760. The molecule has 1 aromatic carbocycles. The molecule has 7 nitrogen and oxygen atoms in total. The number of hydrogen-bond donors (Lipinski definition) is 2. The van der Waals surface area contributed by atoms with Gasteiger partial charge in [-0.05, 0) is 19.8 Å². The van der Waals surface area contributed by atoms with E-state index >= 15 is 0 Å². The predicted octanol–water partition coefficient (Wildman–Crippen LogP) is 2.83. The molecule has 1 aromatic heterocycles. The van der Waals surface area contributed by atoms with Crippen LogP contribution >= 0.6 is 11.8 Å². The van der Waals surface area contributed by atoms with E-state index in [1.54, 1.807) is 0 Å². The van der Waals surface area contributed by atoms with Crippen LogP contribution in [0.2, 0.25) is 0 Å². The fourth-order valence-corrected chi connectivity index (χ4v) is 3.87. The van der Waals surface area contributed by atoms with Crippen LogP contribution in [0.5, 0.6) is 0 Å². The number of carbonyl (C=O) groups is 2. The Bertz CT molecular complexity index is 756. The van der Waals surface area contributed by atoms with Crippen molar-refractivity contribution < 1.29 is 9.59 Å². The van der Waals surface area contributed by atoms with Gasteiger partial charge in [0.2, 0.25) is 5.91 Å². The van der Waals surface area contributed by atoms with Crippen molar-refractivity contribution in [1.29, 1.82) is 0 Å². The molecule has 2 N–H and O–H groups in total. The lowest BCUT2D eigenvalue weighted by atomic mass is 10.2. The number of aromatic nitrogens is 3. The van der Waals surface area contributed by atoms with Gasteiger partial charge in [-0.15, -0.1) is 10.2 Å². The molecule has 1 aliphatic carbocycles. The summed E-state index contributed by atoms with van der Waals surface area (Å²) in [5.74, 6) is 0.553. The van der Waals surface area contributed by atoms with Gasteiger partial charge in [-0.3, -0.25) is 10.1 Å². The highest BCUT2D eigenvalue weighted by atomic mass is 32.2. The third kappa shape index (κ3) is 4.63. The monoisotopic (exact) mass is 373 g/mol. The zero-order valence-corrected chi connectivity index (χ0v) is 15.6. The Kier molecular flexibility index (Phi) is 6.27. The molecule has 2 aromatic rings. The zero-order chi connectivity index (χ0) is 18.4. The van der Waals surface area contributed by atoms with Crippen LogP contribution in [0, 0.1) is 0 Å². The number of imide groups is 1. The Morgan fingerprint density at radius 3 is 2.62 bits per heavy atom.